The van der Waals surface area contributed by atoms with Crippen LogP contribution in [0.3, 0.4) is 0 Å². The molecule has 0 aliphatic heterocycles. The fraction of sp³-hybridized carbons (Fsp3) is 0.0667. The summed E-state index contributed by atoms with van der Waals surface area (Å²) >= 11 is 1.71. The molecule has 6 rings (SSSR count). The predicted molar refractivity (Wildman–Crippen MR) is 147 cm³/mol. The summed E-state index contributed by atoms with van der Waals surface area (Å²) in [4.78, 5) is 20.1. The molecule has 0 spiro atoms. The van der Waals surface area contributed by atoms with Gasteiger partial charge in [-0.05, 0) is 60.7 Å². The van der Waals surface area contributed by atoms with Crippen LogP contribution in [0.2, 0.25) is 0 Å². The van der Waals surface area contributed by atoms with Gasteiger partial charge in [0.05, 0.1) is 36.6 Å². The van der Waals surface area contributed by atoms with Gasteiger partial charge in [0.2, 0.25) is 0 Å². The van der Waals surface area contributed by atoms with E-state index in [0.717, 1.165) is 65.6 Å². The highest BCUT2D eigenvalue weighted by Crippen LogP contribution is 2.34. The molecule has 0 saturated carbocycles. The van der Waals surface area contributed by atoms with Gasteiger partial charge in [-0.25, -0.2) is 19.9 Å². The molecule has 6 aromatic rings. The molecular weight excluding hydrogens is 480 g/mol. The lowest BCUT2D eigenvalue weighted by Crippen LogP contribution is -1.91. The van der Waals surface area contributed by atoms with Crippen LogP contribution in [0.4, 0.5) is 0 Å². The minimum Gasteiger partial charge on any atom is -0.497 e. The lowest BCUT2D eigenvalue weighted by atomic mass is 10.1. The molecule has 180 valence electrons. The number of methoxy groups -OCH3 is 2. The Morgan fingerprint density at radius 2 is 0.946 bits per heavy atom. The Hall–Kier alpha value is -4.49. The summed E-state index contributed by atoms with van der Waals surface area (Å²) in [6, 6.07) is 28.5. The highest BCUT2D eigenvalue weighted by atomic mass is 32.2. The van der Waals surface area contributed by atoms with E-state index in [9.17, 15) is 0 Å². The molecule has 4 aromatic carbocycles. The van der Waals surface area contributed by atoms with E-state index in [4.69, 9.17) is 9.47 Å². The maximum Gasteiger partial charge on any atom is 0.119 e. The summed E-state index contributed by atoms with van der Waals surface area (Å²) in [6.07, 6.45) is 3.20. The molecule has 0 N–H and O–H groups in total. The maximum absolute atomic E-state index is 5.40. The van der Waals surface area contributed by atoms with Crippen LogP contribution in [0.1, 0.15) is 0 Å². The van der Waals surface area contributed by atoms with Gasteiger partial charge in [0.25, 0.3) is 0 Å². The Morgan fingerprint density at radius 3 is 1.35 bits per heavy atom. The molecule has 0 amide bonds. The highest BCUT2D eigenvalue weighted by molar-refractivity contribution is 7.99. The van der Waals surface area contributed by atoms with Crippen LogP contribution in [0, 0.1) is 0 Å². The van der Waals surface area contributed by atoms with Crippen molar-refractivity contribution in [1.29, 1.82) is 0 Å². The zero-order valence-electron chi connectivity index (χ0n) is 20.3. The molecule has 0 fully saturated rings. The number of ether oxygens (including phenoxy) is 2. The van der Waals surface area contributed by atoms with E-state index in [1.54, 1.807) is 38.6 Å². The van der Waals surface area contributed by atoms with Crippen LogP contribution in [0.15, 0.2) is 107 Å². The second kappa shape index (κ2) is 9.87. The summed E-state index contributed by atoms with van der Waals surface area (Å²) in [5.74, 6) is 1.57. The van der Waals surface area contributed by atoms with Crippen LogP contribution in [-0.4, -0.2) is 34.2 Å². The number of hydrogen-bond donors (Lipinski definition) is 0. The van der Waals surface area contributed by atoms with Gasteiger partial charge in [0.1, 0.15) is 24.2 Å². The summed E-state index contributed by atoms with van der Waals surface area (Å²) in [5, 5.41) is 1.93. The Labute approximate surface area is 218 Å². The smallest absolute Gasteiger partial charge is 0.119 e. The number of nitrogens with zero attached hydrogens (tertiary/aromatic N) is 4. The molecule has 0 atom stereocenters. The summed E-state index contributed by atoms with van der Waals surface area (Å²) < 4.78 is 10.8. The first-order valence-corrected chi connectivity index (χ1v) is 12.5. The topological polar surface area (TPSA) is 70.0 Å². The van der Waals surface area contributed by atoms with Crippen LogP contribution in [0.25, 0.3) is 44.3 Å². The molecule has 2 heterocycles. The van der Waals surface area contributed by atoms with Crippen molar-refractivity contribution in [1.82, 2.24) is 19.9 Å². The van der Waals surface area contributed by atoms with Crippen molar-refractivity contribution in [3.8, 4) is 34.0 Å². The monoisotopic (exact) mass is 502 g/mol. The zero-order chi connectivity index (χ0) is 25.2. The standard InChI is InChI=1S/C30H22N4O2S/c1-35-21-7-13-27-25(15-21)29(33-17-31-27)19-3-9-23(10-4-19)37-24-11-5-20(6-12-24)30-26-16-22(36-2)8-14-28(26)32-18-34-30/h3-18H,1-2H3. The van der Waals surface area contributed by atoms with Crippen molar-refractivity contribution in [3.63, 3.8) is 0 Å². The van der Waals surface area contributed by atoms with Crippen molar-refractivity contribution in [2.24, 2.45) is 0 Å². The summed E-state index contributed by atoms with van der Waals surface area (Å²) in [5.41, 5.74) is 5.62. The Bertz CT molecular complexity index is 1590. The van der Waals surface area contributed by atoms with E-state index in [1.807, 2.05) is 36.4 Å². The first-order valence-electron chi connectivity index (χ1n) is 11.7. The quantitative estimate of drug-likeness (QED) is 0.241. The number of benzene rings is 4. The minimum atomic E-state index is 0.785. The Kier molecular flexibility index (Phi) is 6.12. The molecule has 6 nitrogen and oxygen atoms in total. The molecule has 0 aliphatic rings. The molecule has 2 aromatic heterocycles. The van der Waals surface area contributed by atoms with Crippen LogP contribution in [0.5, 0.6) is 11.5 Å². The first-order chi connectivity index (χ1) is 18.2. The van der Waals surface area contributed by atoms with E-state index in [2.05, 4.69) is 68.5 Å². The highest BCUT2D eigenvalue weighted by Gasteiger charge is 2.10. The second-order valence-electron chi connectivity index (χ2n) is 8.36. The van der Waals surface area contributed by atoms with Gasteiger partial charge in [-0.1, -0.05) is 36.0 Å². The van der Waals surface area contributed by atoms with E-state index in [1.165, 1.54) is 0 Å². The lowest BCUT2D eigenvalue weighted by Gasteiger charge is -2.09. The molecule has 0 bridgehead atoms. The van der Waals surface area contributed by atoms with E-state index in [-0.39, 0.29) is 0 Å². The van der Waals surface area contributed by atoms with Crippen molar-refractivity contribution in [2.45, 2.75) is 9.79 Å². The third-order valence-corrected chi connectivity index (χ3v) is 7.19. The van der Waals surface area contributed by atoms with Crippen molar-refractivity contribution in [2.75, 3.05) is 14.2 Å². The van der Waals surface area contributed by atoms with E-state index in [0.29, 0.717) is 0 Å². The lowest BCUT2D eigenvalue weighted by molar-refractivity contribution is 0.415. The second-order valence-corrected chi connectivity index (χ2v) is 9.51. The van der Waals surface area contributed by atoms with Crippen molar-refractivity contribution < 1.29 is 9.47 Å². The Morgan fingerprint density at radius 1 is 0.514 bits per heavy atom. The SMILES string of the molecule is COc1ccc2ncnc(-c3ccc(Sc4ccc(-c5ncnc6ccc(OC)cc56)cc4)cc3)c2c1. The molecule has 37 heavy (non-hydrogen) atoms. The molecular formula is C30H22N4O2S. The molecule has 0 radical (unpaired) electrons. The first kappa shape index (κ1) is 22.9. The molecule has 0 unspecified atom stereocenters. The Balaban J connectivity index is 1.25. The zero-order valence-corrected chi connectivity index (χ0v) is 21.1. The van der Waals surface area contributed by atoms with Crippen molar-refractivity contribution >= 4 is 33.6 Å². The molecule has 7 heteroatoms. The number of hydrogen-bond acceptors (Lipinski definition) is 7. The summed E-state index contributed by atoms with van der Waals surface area (Å²) in [6.45, 7) is 0. The predicted octanol–water partition coefficient (Wildman–Crippen LogP) is 7.08. The van der Waals surface area contributed by atoms with Crippen molar-refractivity contribution in [3.05, 3.63) is 97.6 Å². The van der Waals surface area contributed by atoms with Gasteiger partial charge in [0, 0.05) is 31.7 Å². The van der Waals surface area contributed by atoms with Crippen LogP contribution in [-0.2, 0) is 0 Å². The van der Waals surface area contributed by atoms with E-state index >= 15 is 0 Å². The minimum absolute atomic E-state index is 0.785. The normalized spacial score (nSPS) is 11.1. The van der Waals surface area contributed by atoms with Gasteiger partial charge >= 0.3 is 0 Å². The van der Waals surface area contributed by atoms with Gasteiger partial charge in [0.15, 0.2) is 0 Å². The average Bonchev–Trinajstić information content (AvgIpc) is 2.97. The van der Waals surface area contributed by atoms with Gasteiger partial charge < -0.3 is 9.47 Å². The van der Waals surface area contributed by atoms with Crippen LogP contribution >= 0.6 is 11.8 Å². The number of aromatic nitrogens is 4. The largest absolute Gasteiger partial charge is 0.497 e. The maximum atomic E-state index is 5.40. The fourth-order valence-corrected chi connectivity index (χ4v) is 5.10. The van der Waals surface area contributed by atoms with Gasteiger partial charge in [-0.15, -0.1) is 0 Å². The third-order valence-electron chi connectivity index (χ3n) is 6.18. The number of rotatable bonds is 6. The van der Waals surface area contributed by atoms with Gasteiger partial charge in [-0.2, -0.15) is 0 Å². The third kappa shape index (κ3) is 4.57. The fourth-order valence-electron chi connectivity index (χ4n) is 4.28. The average molecular weight is 503 g/mol. The van der Waals surface area contributed by atoms with Gasteiger partial charge in [-0.3, -0.25) is 0 Å². The molecule has 0 aliphatic carbocycles. The summed E-state index contributed by atoms with van der Waals surface area (Å²) in [7, 11) is 3.33. The molecule has 0 saturated heterocycles. The van der Waals surface area contributed by atoms with Crippen LogP contribution < -0.4 is 9.47 Å². The number of fused-ring (bicyclic) bond motifs is 2. The van der Waals surface area contributed by atoms with E-state index < -0.39 is 0 Å².